The van der Waals surface area contributed by atoms with Crippen LogP contribution in [0.3, 0.4) is 0 Å². The third-order valence-electron chi connectivity index (χ3n) is 3.75. The van der Waals surface area contributed by atoms with Crippen molar-refractivity contribution >= 4 is 0 Å². The van der Waals surface area contributed by atoms with Crippen LogP contribution in [0.25, 0.3) is 11.3 Å². The molecule has 0 fully saturated rings. The summed E-state index contributed by atoms with van der Waals surface area (Å²) in [6.07, 6.45) is 2.18. The van der Waals surface area contributed by atoms with E-state index in [4.69, 9.17) is 4.74 Å². The Bertz CT molecular complexity index is 810. The number of rotatable bonds is 5. The lowest BCUT2D eigenvalue weighted by atomic mass is 10.1. The smallest absolute Gasteiger partial charge is 0.127 e. The average Bonchev–Trinajstić information content (AvgIpc) is 2.57. The number of aromatic nitrogens is 1. The molecule has 0 saturated heterocycles. The topological polar surface area (TPSA) is 22.1 Å². The second kappa shape index (κ2) is 7.26. The van der Waals surface area contributed by atoms with Gasteiger partial charge >= 0.3 is 0 Å². The molecule has 24 heavy (non-hydrogen) atoms. The van der Waals surface area contributed by atoms with Crippen molar-refractivity contribution in [3.8, 4) is 22.8 Å². The fourth-order valence-electron chi connectivity index (χ4n) is 2.65. The SMILES string of the molecule is CCCc1cc(C)nc(-c2ccc(Oc3ccc(F)cc3)cc2)c1. The van der Waals surface area contributed by atoms with Gasteiger partial charge in [-0.2, -0.15) is 0 Å². The van der Waals surface area contributed by atoms with Crippen molar-refractivity contribution in [2.45, 2.75) is 26.7 Å². The minimum absolute atomic E-state index is 0.272. The first-order valence-corrected chi connectivity index (χ1v) is 8.15. The van der Waals surface area contributed by atoms with Crippen LogP contribution in [0.15, 0.2) is 60.7 Å². The van der Waals surface area contributed by atoms with Gasteiger partial charge in [0, 0.05) is 11.3 Å². The van der Waals surface area contributed by atoms with Gasteiger partial charge in [0.15, 0.2) is 0 Å². The fraction of sp³-hybridized carbons (Fsp3) is 0.190. The maximum Gasteiger partial charge on any atom is 0.127 e. The summed E-state index contributed by atoms with van der Waals surface area (Å²) in [4.78, 5) is 4.63. The zero-order chi connectivity index (χ0) is 16.9. The lowest BCUT2D eigenvalue weighted by Crippen LogP contribution is -1.92. The third-order valence-corrected chi connectivity index (χ3v) is 3.75. The molecule has 1 aromatic heterocycles. The first-order valence-electron chi connectivity index (χ1n) is 8.15. The summed E-state index contributed by atoms with van der Waals surface area (Å²) in [6, 6.07) is 18.1. The van der Waals surface area contributed by atoms with E-state index in [1.807, 2.05) is 31.2 Å². The first-order chi connectivity index (χ1) is 11.6. The summed E-state index contributed by atoms with van der Waals surface area (Å²) < 4.78 is 18.6. The predicted octanol–water partition coefficient (Wildman–Crippen LogP) is 5.94. The van der Waals surface area contributed by atoms with Crippen molar-refractivity contribution in [3.05, 3.63) is 77.7 Å². The maximum atomic E-state index is 12.9. The normalized spacial score (nSPS) is 10.6. The summed E-state index contributed by atoms with van der Waals surface area (Å²) in [5.74, 6) is 1.06. The van der Waals surface area contributed by atoms with Crippen LogP contribution >= 0.6 is 0 Å². The molecule has 2 aromatic carbocycles. The van der Waals surface area contributed by atoms with E-state index >= 15 is 0 Å². The van der Waals surface area contributed by atoms with E-state index in [-0.39, 0.29) is 5.82 Å². The van der Waals surface area contributed by atoms with E-state index in [0.717, 1.165) is 29.8 Å². The second-order valence-corrected chi connectivity index (χ2v) is 5.83. The van der Waals surface area contributed by atoms with E-state index in [1.165, 1.54) is 17.7 Å². The fourth-order valence-corrected chi connectivity index (χ4v) is 2.65. The Labute approximate surface area is 142 Å². The van der Waals surface area contributed by atoms with Crippen LogP contribution < -0.4 is 4.74 Å². The average molecular weight is 321 g/mol. The lowest BCUT2D eigenvalue weighted by molar-refractivity contribution is 0.480. The van der Waals surface area contributed by atoms with E-state index in [2.05, 4.69) is 24.0 Å². The van der Waals surface area contributed by atoms with Gasteiger partial charge in [-0.15, -0.1) is 0 Å². The van der Waals surface area contributed by atoms with Crippen LogP contribution in [0.5, 0.6) is 11.5 Å². The molecule has 0 saturated carbocycles. The molecule has 0 aliphatic rings. The van der Waals surface area contributed by atoms with Crippen LogP contribution in [0.2, 0.25) is 0 Å². The Morgan fingerprint density at radius 2 is 1.54 bits per heavy atom. The molecule has 3 aromatic rings. The number of benzene rings is 2. The third kappa shape index (κ3) is 3.99. The van der Waals surface area contributed by atoms with Crippen molar-refractivity contribution < 1.29 is 9.13 Å². The predicted molar refractivity (Wildman–Crippen MR) is 94.9 cm³/mol. The maximum absolute atomic E-state index is 12.9. The van der Waals surface area contributed by atoms with E-state index in [9.17, 15) is 4.39 Å². The van der Waals surface area contributed by atoms with Gasteiger partial charge in [0.1, 0.15) is 17.3 Å². The highest BCUT2D eigenvalue weighted by atomic mass is 19.1. The monoisotopic (exact) mass is 321 g/mol. The number of pyridine rings is 1. The van der Waals surface area contributed by atoms with Gasteiger partial charge in [-0.05, 0) is 79.6 Å². The summed E-state index contributed by atoms with van der Waals surface area (Å²) in [7, 11) is 0. The molecular formula is C21H20FNO. The summed E-state index contributed by atoms with van der Waals surface area (Å²) in [6.45, 7) is 4.20. The van der Waals surface area contributed by atoms with E-state index < -0.39 is 0 Å². The summed E-state index contributed by atoms with van der Waals surface area (Å²) in [5.41, 5.74) is 4.38. The molecule has 0 aliphatic heterocycles. The first kappa shape index (κ1) is 16.2. The highest BCUT2D eigenvalue weighted by molar-refractivity contribution is 5.61. The standard InChI is InChI=1S/C21H20FNO/c1-3-4-16-13-15(2)23-21(14-16)17-5-9-19(10-6-17)24-20-11-7-18(22)8-12-20/h5-14H,3-4H2,1-2H3. The molecule has 3 heteroatoms. The molecule has 0 spiro atoms. The van der Waals surface area contributed by atoms with Gasteiger partial charge in [0.05, 0.1) is 5.69 Å². The van der Waals surface area contributed by atoms with Crippen molar-refractivity contribution in [3.63, 3.8) is 0 Å². The molecule has 122 valence electrons. The lowest BCUT2D eigenvalue weighted by Gasteiger charge is -2.09. The Balaban J connectivity index is 1.80. The number of hydrogen-bond acceptors (Lipinski definition) is 2. The number of hydrogen-bond donors (Lipinski definition) is 0. The highest BCUT2D eigenvalue weighted by Gasteiger charge is 2.04. The number of ether oxygens (including phenoxy) is 1. The molecule has 0 bridgehead atoms. The Morgan fingerprint density at radius 3 is 2.17 bits per heavy atom. The Kier molecular flexibility index (Phi) is 4.90. The Morgan fingerprint density at radius 1 is 0.917 bits per heavy atom. The van der Waals surface area contributed by atoms with Gasteiger partial charge in [0.25, 0.3) is 0 Å². The van der Waals surface area contributed by atoms with Gasteiger partial charge in [-0.3, -0.25) is 4.98 Å². The van der Waals surface area contributed by atoms with Crippen LogP contribution in [0.4, 0.5) is 4.39 Å². The number of halogens is 1. The van der Waals surface area contributed by atoms with E-state index in [0.29, 0.717) is 11.5 Å². The molecular weight excluding hydrogens is 301 g/mol. The molecule has 0 aliphatic carbocycles. The number of nitrogens with zero attached hydrogens (tertiary/aromatic N) is 1. The molecule has 0 unspecified atom stereocenters. The minimum Gasteiger partial charge on any atom is -0.457 e. The molecule has 1 heterocycles. The highest BCUT2D eigenvalue weighted by Crippen LogP contribution is 2.26. The van der Waals surface area contributed by atoms with Gasteiger partial charge in [-0.25, -0.2) is 4.39 Å². The van der Waals surface area contributed by atoms with Gasteiger partial charge < -0.3 is 4.74 Å². The minimum atomic E-state index is -0.272. The molecule has 3 rings (SSSR count). The van der Waals surface area contributed by atoms with Crippen molar-refractivity contribution in [1.29, 1.82) is 0 Å². The van der Waals surface area contributed by atoms with Crippen LogP contribution in [0.1, 0.15) is 24.6 Å². The number of aryl methyl sites for hydroxylation is 2. The quantitative estimate of drug-likeness (QED) is 0.580. The molecule has 0 atom stereocenters. The van der Waals surface area contributed by atoms with Crippen LogP contribution in [-0.4, -0.2) is 4.98 Å². The second-order valence-electron chi connectivity index (χ2n) is 5.83. The largest absolute Gasteiger partial charge is 0.457 e. The summed E-state index contributed by atoms with van der Waals surface area (Å²) in [5, 5.41) is 0. The molecule has 2 nitrogen and oxygen atoms in total. The van der Waals surface area contributed by atoms with Crippen molar-refractivity contribution in [1.82, 2.24) is 4.98 Å². The van der Waals surface area contributed by atoms with Gasteiger partial charge in [-0.1, -0.05) is 13.3 Å². The molecule has 0 radical (unpaired) electrons. The zero-order valence-electron chi connectivity index (χ0n) is 13.9. The Hall–Kier alpha value is -2.68. The summed E-state index contributed by atoms with van der Waals surface area (Å²) >= 11 is 0. The van der Waals surface area contributed by atoms with Gasteiger partial charge in [0.2, 0.25) is 0 Å². The van der Waals surface area contributed by atoms with E-state index in [1.54, 1.807) is 12.1 Å². The van der Waals surface area contributed by atoms with Crippen LogP contribution in [0, 0.1) is 12.7 Å². The van der Waals surface area contributed by atoms with Crippen LogP contribution in [-0.2, 0) is 6.42 Å². The molecule has 0 N–H and O–H groups in total. The van der Waals surface area contributed by atoms with Crippen molar-refractivity contribution in [2.24, 2.45) is 0 Å². The zero-order valence-corrected chi connectivity index (χ0v) is 13.9. The molecule has 0 amide bonds. The van der Waals surface area contributed by atoms with Crippen molar-refractivity contribution in [2.75, 3.05) is 0 Å².